The Hall–Kier alpha value is -0.240. The summed E-state index contributed by atoms with van der Waals surface area (Å²) in [5.74, 6) is 2.18. The second-order valence-electron chi connectivity index (χ2n) is 6.35. The summed E-state index contributed by atoms with van der Waals surface area (Å²) < 4.78 is 0. The van der Waals surface area contributed by atoms with Gasteiger partial charge in [0.15, 0.2) is 0 Å². The zero-order valence-electron chi connectivity index (χ0n) is 12.6. The van der Waals surface area contributed by atoms with Gasteiger partial charge in [-0.1, -0.05) is 50.0 Å². The fourth-order valence-electron chi connectivity index (χ4n) is 3.81. The summed E-state index contributed by atoms with van der Waals surface area (Å²) in [4.78, 5) is 0. The van der Waals surface area contributed by atoms with E-state index in [2.05, 4.69) is 26.1 Å². The predicted molar refractivity (Wildman–Crippen MR) is 88.5 cm³/mol. The second kappa shape index (κ2) is 7.15. The van der Waals surface area contributed by atoms with Crippen molar-refractivity contribution in [2.24, 2.45) is 17.8 Å². The third-order valence-corrected chi connectivity index (χ3v) is 5.08. The summed E-state index contributed by atoms with van der Waals surface area (Å²) in [6.07, 6.45) is 3.85. The van der Waals surface area contributed by atoms with Crippen LogP contribution in [0.1, 0.15) is 51.6 Å². The van der Waals surface area contributed by atoms with Crippen molar-refractivity contribution in [1.29, 1.82) is 0 Å². The maximum absolute atomic E-state index is 6.43. The van der Waals surface area contributed by atoms with Crippen LogP contribution in [0.2, 0.25) is 10.0 Å². The van der Waals surface area contributed by atoms with E-state index in [1.807, 2.05) is 18.2 Å². The highest BCUT2D eigenvalue weighted by Crippen LogP contribution is 2.43. The molecule has 0 radical (unpaired) electrons. The van der Waals surface area contributed by atoms with Crippen molar-refractivity contribution >= 4 is 23.2 Å². The molecule has 0 bridgehead atoms. The van der Waals surface area contributed by atoms with Gasteiger partial charge in [-0.25, -0.2) is 0 Å². The first kappa shape index (κ1) is 16.1. The quantitative estimate of drug-likeness (QED) is 0.750. The smallest absolute Gasteiger partial charge is 0.0468 e. The van der Waals surface area contributed by atoms with Gasteiger partial charge in [-0.3, -0.25) is 0 Å². The first-order chi connectivity index (χ1) is 9.52. The third-order valence-electron chi connectivity index (χ3n) is 4.42. The summed E-state index contributed by atoms with van der Waals surface area (Å²) >= 11 is 12.9. The van der Waals surface area contributed by atoms with Crippen molar-refractivity contribution in [3.63, 3.8) is 0 Å². The molecular weight excluding hydrogens is 289 g/mol. The normalized spacial score (nSPS) is 28.4. The standard InChI is InChI=1S/C17H25Cl2N/c1-4-20-17(13-9-11(2)8-12(3)10-13)16-14(18)6-5-7-15(16)19/h5-7,11-13,17,20H,4,8-10H2,1-3H3. The molecule has 1 aliphatic carbocycles. The van der Waals surface area contributed by atoms with Gasteiger partial charge in [0.2, 0.25) is 0 Å². The zero-order chi connectivity index (χ0) is 14.7. The summed E-state index contributed by atoms with van der Waals surface area (Å²) in [7, 11) is 0. The molecule has 0 saturated heterocycles. The lowest BCUT2D eigenvalue weighted by molar-refractivity contribution is 0.177. The van der Waals surface area contributed by atoms with E-state index in [0.717, 1.165) is 34.0 Å². The fourth-order valence-corrected chi connectivity index (χ4v) is 4.45. The largest absolute Gasteiger partial charge is 0.310 e. The van der Waals surface area contributed by atoms with Crippen LogP contribution in [0.3, 0.4) is 0 Å². The molecule has 1 nitrogen and oxygen atoms in total. The third kappa shape index (κ3) is 3.69. The van der Waals surface area contributed by atoms with E-state index < -0.39 is 0 Å². The van der Waals surface area contributed by atoms with E-state index in [1.165, 1.54) is 19.3 Å². The SMILES string of the molecule is CCNC(c1c(Cl)cccc1Cl)C1CC(C)CC(C)C1. The molecule has 1 aromatic carbocycles. The highest BCUT2D eigenvalue weighted by atomic mass is 35.5. The molecule has 1 saturated carbocycles. The molecule has 0 amide bonds. The van der Waals surface area contributed by atoms with Crippen molar-refractivity contribution in [1.82, 2.24) is 5.32 Å². The van der Waals surface area contributed by atoms with E-state index in [0.29, 0.717) is 5.92 Å². The molecule has 3 heteroatoms. The Labute approximate surface area is 133 Å². The molecule has 0 heterocycles. The lowest BCUT2D eigenvalue weighted by Crippen LogP contribution is -2.33. The highest BCUT2D eigenvalue weighted by molar-refractivity contribution is 6.36. The minimum atomic E-state index is 0.270. The van der Waals surface area contributed by atoms with Crippen LogP contribution in [0.25, 0.3) is 0 Å². The van der Waals surface area contributed by atoms with E-state index >= 15 is 0 Å². The van der Waals surface area contributed by atoms with E-state index in [4.69, 9.17) is 23.2 Å². The number of halogens is 2. The van der Waals surface area contributed by atoms with Crippen molar-refractivity contribution < 1.29 is 0 Å². The van der Waals surface area contributed by atoms with Crippen molar-refractivity contribution in [3.05, 3.63) is 33.8 Å². The van der Waals surface area contributed by atoms with Gasteiger partial charge in [0.1, 0.15) is 0 Å². The lowest BCUT2D eigenvalue weighted by atomic mass is 9.72. The first-order valence-electron chi connectivity index (χ1n) is 7.70. The van der Waals surface area contributed by atoms with Crippen molar-refractivity contribution in [2.45, 2.75) is 46.1 Å². The minimum absolute atomic E-state index is 0.270. The Morgan fingerprint density at radius 3 is 2.15 bits per heavy atom. The maximum Gasteiger partial charge on any atom is 0.0468 e. The molecule has 2 rings (SSSR count). The lowest BCUT2D eigenvalue weighted by Gasteiger charge is -2.37. The van der Waals surface area contributed by atoms with Crippen LogP contribution in [0.5, 0.6) is 0 Å². The van der Waals surface area contributed by atoms with Gasteiger partial charge in [0.25, 0.3) is 0 Å². The molecule has 3 unspecified atom stereocenters. The van der Waals surface area contributed by atoms with Crippen LogP contribution < -0.4 is 5.32 Å². The molecule has 3 atom stereocenters. The van der Waals surface area contributed by atoms with Crippen LogP contribution in [-0.2, 0) is 0 Å². The molecule has 1 N–H and O–H groups in total. The summed E-state index contributed by atoms with van der Waals surface area (Å²) in [5.41, 5.74) is 1.09. The van der Waals surface area contributed by atoms with Gasteiger partial charge in [-0.05, 0) is 55.7 Å². The molecule has 0 aliphatic heterocycles. The average molecular weight is 314 g/mol. The number of nitrogens with one attached hydrogen (secondary N) is 1. The molecule has 1 aliphatic rings. The molecule has 20 heavy (non-hydrogen) atoms. The van der Waals surface area contributed by atoms with Crippen LogP contribution in [-0.4, -0.2) is 6.54 Å². The second-order valence-corrected chi connectivity index (χ2v) is 7.16. The fraction of sp³-hybridized carbons (Fsp3) is 0.647. The maximum atomic E-state index is 6.43. The van der Waals surface area contributed by atoms with Gasteiger partial charge in [0, 0.05) is 21.7 Å². The molecule has 1 aromatic rings. The minimum Gasteiger partial charge on any atom is -0.310 e. The zero-order valence-corrected chi connectivity index (χ0v) is 14.1. The molecule has 0 spiro atoms. The van der Waals surface area contributed by atoms with E-state index in [-0.39, 0.29) is 6.04 Å². The first-order valence-corrected chi connectivity index (χ1v) is 8.45. The van der Waals surface area contributed by atoms with Crippen LogP contribution in [0.4, 0.5) is 0 Å². The number of hydrogen-bond acceptors (Lipinski definition) is 1. The number of rotatable bonds is 4. The van der Waals surface area contributed by atoms with Crippen molar-refractivity contribution in [3.8, 4) is 0 Å². The van der Waals surface area contributed by atoms with Gasteiger partial charge in [-0.15, -0.1) is 0 Å². The topological polar surface area (TPSA) is 12.0 Å². The Bertz CT molecular complexity index is 416. The predicted octanol–water partition coefficient (Wildman–Crippen LogP) is 5.72. The summed E-state index contributed by atoms with van der Waals surface area (Å²) in [6, 6.07) is 6.08. The monoisotopic (exact) mass is 313 g/mol. The average Bonchev–Trinajstić information content (AvgIpc) is 2.36. The molecule has 1 fully saturated rings. The van der Waals surface area contributed by atoms with E-state index in [1.54, 1.807) is 0 Å². The summed E-state index contributed by atoms with van der Waals surface area (Å²) in [6.45, 7) is 7.80. The number of benzene rings is 1. The Morgan fingerprint density at radius 2 is 1.65 bits per heavy atom. The number of hydrogen-bond donors (Lipinski definition) is 1. The van der Waals surface area contributed by atoms with E-state index in [9.17, 15) is 0 Å². The van der Waals surface area contributed by atoms with Crippen LogP contribution in [0.15, 0.2) is 18.2 Å². The summed E-state index contributed by atoms with van der Waals surface area (Å²) in [5, 5.41) is 5.20. The Morgan fingerprint density at radius 1 is 1.10 bits per heavy atom. The van der Waals surface area contributed by atoms with Crippen LogP contribution >= 0.6 is 23.2 Å². The van der Waals surface area contributed by atoms with Gasteiger partial charge < -0.3 is 5.32 Å². The molecular formula is C17H25Cl2N. The van der Waals surface area contributed by atoms with Gasteiger partial charge in [-0.2, -0.15) is 0 Å². The molecule has 0 aromatic heterocycles. The Kier molecular flexibility index (Phi) is 5.77. The van der Waals surface area contributed by atoms with Gasteiger partial charge in [0.05, 0.1) is 0 Å². The van der Waals surface area contributed by atoms with Crippen LogP contribution in [0, 0.1) is 17.8 Å². The molecule has 112 valence electrons. The van der Waals surface area contributed by atoms with Gasteiger partial charge >= 0.3 is 0 Å². The Balaban J connectivity index is 2.31. The van der Waals surface area contributed by atoms with Crippen molar-refractivity contribution in [2.75, 3.05) is 6.54 Å². The highest BCUT2D eigenvalue weighted by Gasteiger charge is 2.32.